The van der Waals surface area contributed by atoms with Gasteiger partial charge in [-0.05, 0) is 117 Å². The third-order valence-corrected chi connectivity index (χ3v) is 12.4. The van der Waals surface area contributed by atoms with Gasteiger partial charge >= 0.3 is 0 Å². The smallest absolute Gasteiger partial charge is 0.135 e. The van der Waals surface area contributed by atoms with E-state index in [1.165, 1.54) is 82.7 Å². The fourth-order valence-electron chi connectivity index (χ4n) is 9.95. The molecule has 0 N–H and O–H groups in total. The van der Waals surface area contributed by atoms with Gasteiger partial charge < -0.3 is 4.74 Å². The molecule has 1 heterocycles. The zero-order valence-electron chi connectivity index (χ0n) is 40.5. The first kappa shape index (κ1) is 46.2. The first-order valence-electron chi connectivity index (χ1n) is 23.1. The van der Waals surface area contributed by atoms with E-state index in [0.717, 1.165) is 12.2 Å². The Bertz CT molecular complexity index is 2580. The molecule has 0 unspecified atom stereocenters. The van der Waals surface area contributed by atoms with Crippen molar-refractivity contribution < 1.29 is 4.74 Å². The number of hydrogen-bond donors (Lipinski definition) is 0. The maximum absolute atomic E-state index is 6.49. The molecule has 6 aromatic carbocycles. The lowest BCUT2D eigenvalue weighted by atomic mass is 9.71. The van der Waals surface area contributed by atoms with Gasteiger partial charge in [-0.1, -0.05) is 211 Å². The van der Waals surface area contributed by atoms with Crippen LogP contribution >= 0.6 is 0 Å². The maximum Gasteiger partial charge on any atom is 0.135 e. The fourth-order valence-corrected chi connectivity index (χ4v) is 9.95. The molecule has 0 spiro atoms. The van der Waals surface area contributed by atoms with Crippen LogP contribution in [0.3, 0.4) is 0 Å². The molecule has 316 valence electrons. The van der Waals surface area contributed by atoms with Crippen molar-refractivity contribution in [2.24, 2.45) is 5.41 Å². The van der Waals surface area contributed by atoms with E-state index in [1.807, 2.05) is 55.4 Å². The minimum atomic E-state index is -0.282. The Morgan fingerprint density at radius 2 is 0.900 bits per heavy atom. The molecule has 0 amide bonds. The second-order valence-corrected chi connectivity index (χ2v) is 18.1. The van der Waals surface area contributed by atoms with Crippen LogP contribution in [-0.2, 0) is 17.3 Å². The van der Waals surface area contributed by atoms with Crippen molar-refractivity contribution in [3.8, 4) is 28.0 Å². The van der Waals surface area contributed by atoms with Crippen molar-refractivity contribution in [3.63, 3.8) is 0 Å². The highest BCUT2D eigenvalue weighted by atomic mass is 16.5. The summed E-state index contributed by atoms with van der Waals surface area (Å²) in [4.78, 5) is 0. The van der Waals surface area contributed by atoms with Crippen LogP contribution in [0.5, 0.6) is 5.75 Å². The van der Waals surface area contributed by atoms with Crippen LogP contribution in [0, 0.1) is 19.3 Å². The van der Waals surface area contributed by atoms with E-state index in [0.29, 0.717) is 0 Å². The van der Waals surface area contributed by atoms with Crippen molar-refractivity contribution in [1.82, 2.24) is 0 Å². The summed E-state index contributed by atoms with van der Waals surface area (Å²) in [5.41, 5.74) is 18.4. The number of aryl methyl sites for hydroxylation is 2. The molecule has 3 aliphatic carbocycles. The number of rotatable bonds is 0. The van der Waals surface area contributed by atoms with E-state index in [2.05, 4.69) is 178 Å². The van der Waals surface area contributed by atoms with Gasteiger partial charge in [0.15, 0.2) is 0 Å². The Morgan fingerprint density at radius 3 is 1.43 bits per heavy atom. The Hall–Kier alpha value is -4.88. The van der Waals surface area contributed by atoms with Crippen LogP contribution in [0.1, 0.15) is 161 Å². The van der Waals surface area contributed by atoms with Gasteiger partial charge in [0.2, 0.25) is 0 Å². The lowest BCUT2D eigenvalue weighted by molar-refractivity contribution is 0.161. The monoisotopic (exact) mass is 799 g/mol. The minimum absolute atomic E-state index is 0.0417. The second kappa shape index (κ2) is 17.6. The van der Waals surface area contributed by atoms with E-state index < -0.39 is 0 Å². The SMILES string of the molecule is CC.CC.CC.CC.Cc1ccc2c(c1)C(C)(C)c1c3c(c4ccccc4c1-2)C=CC(C)(C)C3.Cc1ccc2c(c1)C(C)(C)c1c3c(c4ccccc4c1-2)OC(C)(C)C=C3. The van der Waals surface area contributed by atoms with E-state index in [1.54, 1.807) is 11.1 Å². The number of benzene rings is 6. The summed E-state index contributed by atoms with van der Waals surface area (Å²) < 4.78 is 6.49. The molecule has 0 saturated carbocycles. The number of hydrogen-bond acceptors (Lipinski definition) is 1. The predicted octanol–water partition coefficient (Wildman–Crippen LogP) is 17.8. The zero-order valence-corrected chi connectivity index (χ0v) is 40.5. The first-order chi connectivity index (χ1) is 28.6. The average molecular weight is 799 g/mol. The minimum Gasteiger partial charge on any atom is -0.482 e. The normalized spacial score (nSPS) is 16.3. The molecule has 60 heavy (non-hydrogen) atoms. The van der Waals surface area contributed by atoms with Crippen molar-refractivity contribution in [1.29, 1.82) is 0 Å². The highest BCUT2D eigenvalue weighted by Crippen LogP contribution is 2.58. The number of fused-ring (bicyclic) bond motifs is 16. The molecule has 1 heteroatoms. The van der Waals surface area contributed by atoms with Crippen LogP contribution in [0.25, 0.3) is 56.0 Å². The summed E-state index contributed by atoms with van der Waals surface area (Å²) in [6.45, 7) is 38.9. The Morgan fingerprint density at radius 1 is 0.467 bits per heavy atom. The van der Waals surface area contributed by atoms with Gasteiger partial charge in [0.1, 0.15) is 11.4 Å². The highest BCUT2D eigenvalue weighted by Gasteiger charge is 2.43. The fraction of sp³-hybridized carbons (Fsp3) is 0.390. The molecular weight excluding hydrogens is 725 g/mol. The summed E-state index contributed by atoms with van der Waals surface area (Å²) in [6, 6.07) is 31.6. The topological polar surface area (TPSA) is 9.23 Å². The summed E-state index contributed by atoms with van der Waals surface area (Å²) in [6.07, 6.45) is 10.4. The van der Waals surface area contributed by atoms with Crippen LogP contribution in [-0.4, -0.2) is 5.60 Å². The van der Waals surface area contributed by atoms with Gasteiger partial charge in [0, 0.05) is 21.8 Å². The average Bonchev–Trinajstić information content (AvgIpc) is 3.63. The number of ether oxygens (including phenoxy) is 1. The van der Waals surface area contributed by atoms with Gasteiger partial charge in [0.25, 0.3) is 0 Å². The summed E-state index contributed by atoms with van der Waals surface area (Å²) in [7, 11) is 0. The molecule has 6 aromatic rings. The molecule has 4 aliphatic rings. The molecule has 1 nitrogen and oxygen atoms in total. The van der Waals surface area contributed by atoms with E-state index in [4.69, 9.17) is 4.74 Å². The van der Waals surface area contributed by atoms with E-state index >= 15 is 0 Å². The van der Waals surface area contributed by atoms with Gasteiger partial charge in [-0.2, -0.15) is 0 Å². The van der Waals surface area contributed by atoms with E-state index in [-0.39, 0.29) is 21.8 Å². The third-order valence-electron chi connectivity index (χ3n) is 12.4. The zero-order chi connectivity index (χ0) is 44.5. The molecule has 0 atom stereocenters. The molecular formula is C59H74O. The second-order valence-electron chi connectivity index (χ2n) is 18.1. The van der Waals surface area contributed by atoms with Crippen LogP contribution < -0.4 is 4.74 Å². The molecule has 10 rings (SSSR count). The lowest BCUT2D eigenvalue weighted by Crippen LogP contribution is -2.29. The van der Waals surface area contributed by atoms with Crippen molar-refractivity contribution in [3.05, 3.63) is 147 Å². The Kier molecular flexibility index (Phi) is 13.6. The molecule has 0 saturated heterocycles. The predicted molar refractivity (Wildman–Crippen MR) is 268 cm³/mol. The van der Waals surface area contributed by atoms with Crippen molar-refractivity contribution >= 4 is 33.7 Å². The summed E-state index contributed by atoms with van der Waals surface area (Å²) >= 11 is 0. The van der Waals surface area contributed by atoms with E-state index in [9.17, 15) is 0 Å². The lowest BCUT2D eigenvalue weighted by Gasteiger charge is -2.33. The molecule has 0 aromatic heterocycles. The van der Waals surface area contributed by atoms with Crippen molar-refractivity contribution in [2.75, 3.05) is 0 Å². The molecule has 0 fully saturated rings. The van der Waals surface area contributed by atoms with Gasteiger partial charge in [-0.15, -0.1) is 0 Å². The largest absolute Gasteiger partial charge is 0.482 e. The maximum atomic E-state index is 6.49. The standard InChI is InChI=1S/C26H26.C25H24O.4C2H6/c1-16-10-11-20-22(14-16)26(4,5)24-21-15-25(2,3)13-12-18(21)17-8-6-7-9-19(17)23(20)24;1-15-10-11-18-20(14-15)25(4,5)22-19-12-13-24(2,3)26-23(19)17-9-7-6-8-16(17)21(18)22;4*1-2/h6-14H,15H2,1-5H3;6-14H,1-5H3;4*1-2H3. The van der Waals surface area contributed by atoms with Gasteiger partial charge in [-0.3, -0.25) is 0 Å². The Labute approximate surface area is 365 Å². The van der Waals surface area contributed by atoms with Crippen LogP contribution in [0.2, 0.25) is 0 Å². The van der Waals surface area contributed by atoms with Gasteiger partial charge in [-0.25, -0.2) is 0 Å². The van der Waals surface area contributed by atoms with Gasteiger partial charge in [0.05, 0.1) is 0 Å². The summed E-state index contributed by atoms with van der Waals surface area (Å²) in [5, 5.41) is 5.31. The quantitative estimate of drug-likeness (QED) is 0.149. The van der Waals surface area contributed by atoms with Crippen LogP contribution in [0.15, 0.2) is 97.1 Å². The molecule has 0 radical (unpaired) electrons. The third kappa shape index (κ3) is 7.67. The first-order valence-corrected chi connectivity index (χ1v) is 23.1. The summed E-state index contributed by atoms with van der Waals surface area (Å²) in [5.74, 6) is 1.03. The molecule has 1 aliphatic heterocycles. The highest BCUT2D eigenvalue weighted by molar-refractivity contribution is 6.09. The van der Waals surface area contributed by atoms with Crippen molar-refractivity contribution in [2.45, 2.75) is 147 Å². The Balaban J connectivity index is 0.000000196. The molecule has 0 bridgehead atoms. The number of allylic oxidation sites excluding steroid dienone is 1. The van der Waals surface area contributed by atoms with Crippen LogP contribution in [0.4, 0.5) is 0 Å².